The highest BCUT2D eigenvalue weighted by Crippen LogP contribution is 2.23. The van der Waals surface area contributed by atoms with Crippen molar-refractivity contribution in [1.29, 1.82) is 0 Å². The molecule has 0 bridgehead atoms. The number of nitrogens with zero attached hydrogens (tertiary/aromatic N) is 3. The third-order valence-corrected chi connectivity index (χ3v) is 3.06. The number of carbonyl (C=O) groups excluding carboxylic acids is 1. The molecule has 1 fully saturated rings. The van der Waals surface area contributed by atoms with Crippen LogP contribution in [0.4, 0.5) is 6.01 Å². The highest BCUT2D eigenvalue weighted by molar-refractivity contribution is 5.83. The van der Waals surface area contributed by atoms with Crippen LogP contribution in [0.1, 0.15) is 32.1 Å². The van der Waals surface area contributed by atoms with Crippen molar-refractivity contribution >= 4 is 11.9 Å². The van der Waals surface area contributed by atoms with E-state index in [4.69, 9.17) is 10.2 Å². The summed E-state index contributed by atoms with van der Waals surface area (Å²) >= 11 is 0. The number of primary amides is 1. The van der Waals surface area contributed by atoms with Crippen molar-refractivity contribution < 1.29 is 9.21 Å². The van der Waals surface area contributed by atoms with Gasteiger partial charge in [-0.3, -0.25) is 4.79 Å². The summed E-state index contributed by atoms with van der Waals surface area (Å²) in [6.45, 7) is 4.12. The molecule has 0 spiro atoms. The Morgan fingerprint density at radius 2 is 2.39 bits per heavy atom. The van der Waals surface area contributed by atoms with E-state index in [0.717, 1.165) is 32.4 Å². The molecule has 1 amide bonds. The summed E-state index contributed by atoms with van der Waals surface area (Å²) in [5.74, 6) is 0.196. The molecule has 0 saturated carbocycles. The molecule has 7 nitrogen and oxygen atoms in total. The normalized spacial score (nSPS) is 20.1. The summed E-state index contributed by atoms with van der Waals surface area (Å²) < 4.78 is 5.54. The number of rotatable bonds is 5. The van der Waals surface area contributed by atoms with Crippen LogP contribution in [-0.2, 0) is 11.3 Å². The molecular formula is C11H19N5O2. The fourth-order valence-electron chi connectivity index (χ4n) is 2.12. The highest BCUT2D eigenvalue weighted by Gasteiger charge is 2.30. The van der Waals surface area contributed by atoms with Crippen LogP contribution >= 0.6 is 0 Å². The maximum Gasteiger partial charge on any atom is 0.318 e. The first-order valence-electron chi connectivity index (χ1n) is 6.31. The quantitative estimate of drug-likeness (QED) is 0.768. The highest BCUT2D eigenvalue weighted by atomic mass is 16.4. The molecule has 1 aliphatic heterocycles. The van der Waals surface area contributed by atoms with Crippen LogP contribution in [0, 0.1) is 0 Å². The molecule has 1 atom stereocenters. The molecule has 1 aromatic rings. The van der Waals surface area contributed by atoms with Crippen molar-refractivity contribution in [2.75, 3.05) is 18.0 Å². The molecule has 0 aromatic carbocycles. The van der Waals surface area contributed by atoms with Gasteiger partial charge in [-0.2, -0.15) is 0 Å². The molecule has 0 radical (unpaired) electrons. The van der Waals surface area contributed by atoms with Crippen LogP contribution in [-0.4, -0.2) is 35.2 Å². The van der Waals surface area contributed by atoms with Crippen molar-refractivity contribution in [1.82, 2.24) is 15.5 Å². The summed E-state index contributed by atoms with van der Waals surface area (Å²) in [4.78, 5) is 13.2. The number of hydrogen-bond donors (Lipinski definition) is 2. The van der Waals surface area contributed by atoms with Crippen LogP contribution in [0.5, 0.6) is 0 Å². The standard InChI is InChI=1S/C11H19N5O2/c1-2-13-7-9-14-15-11(18-9)16-6-4-3-5-8(16)10(12)17/h8,13H,2-7H2,1H3,(H2,12,17). The molecular weight excluding hydrogens is 234 g/mol. The Balaban J connectivity index is 2.08. The Bertz CT molecular complexity index is 406. The average molecular weight is 253 g/mol. The first kappa shape index (κ1) is 12.8. The number of nitrogens with one attached hydrogen (secondary N) is 1. The predicted octanol–water partition coefficient (Wildman–Crippen LogP) is 0.0233. The third-order valence-electron chi connectivity index (χ3n) is 3.06. The molecule has 1 unspecified atom stereocenters. The minimum absolute atomic E-state index is 0.328. The second kappa shape index (κ2) is 5.81. The summed E-state index contributed by atoms with van der Waals surface area (Å²) in [6.07, 6.45) is 2.76. The molecule has 3 N–H and O–H groups in total. The lowest BCUT2D eigenvalue weighted by molar-refractivity contribution is -0.119. The van der Waals surface area contributed by atoms with E-state index in [1.807, 2.05) is 11.8 Å². The van der Waals surface area contributed by atoms with E-state index in [2.05, 4.69) is 15.5 Å². The number of hydrogen-bond acceptors (Lipinski definition) is 6. The minimum atomic E-state index is -0.332. The monoisotopic (exact) mass is 253 g/mol. The lowest BCUT2D eigenvalue weighted by Crippen LogP contribution is -2.48. The molecule has 2 heterocycles. The van der Waals surface area contributed by atoms with Gasteiger partial charge in [0.2, 0.25) is 11.8 Å². The van der Waals surface area contributed by atoms with Gasteiger partial charge in [0, 0.05) is 6.54 Å². The molecule has 7 heteroatoms. The third kappa shape index (κ3) is 2.79. The molecule has 1 aromatic heterocycles. The predicted molar refractivity (Wildman–Crippen MR) is 65.9 cm³/mol. The number of piperidine rings is 1. The first-order valence-corrected chi connectivity index (χ1v) is 6.31. The van der Waals surface area contributed by atoms with Gasteiger partial charge >= 0.3 is 6.01 Å². The second-order valence-corrected chi connectivity index (χ2v) is 4.37. The topological polar surface area (TPSA) is 97.3 Å². The van der Waals surface area contributed by atoms with Crippen LogP contribution in [0.25, 0.3) is 0 Å². The Morgan fingerprint density at radius 3 is 3.11 bits per heavy atom. The van der Waals surface area contributed by atoms with Gasteiger partial charge in [0.05, 0.1) is 6.54 Å². The minimum Gasteiger partial charge on any atom is -0.407 e. The van der Waals surface area contributed by atoms with Gasteiger partial charge in [-0.15, -0.1) is 5.10 Å². The molecule has 1 aliphatic rings. The Morgan fingerprint density at radius 1 is 1.56 bits per heavy atom. The van der Waals surface area contributed by atoms with Crippen molar-refractivity contribution in [2.45, 2.75) is 38.8 Å². The van der Waals surface area contributed by atoms with E-state index in [9.17, 15) is 4.79 Å². The maximum atomic E-state index is 11.4. The van der Waals surface area contributed by atoms with E-state index < -0.39 is 0 Å². The van der Waals surface area contributed by atoms with Crippen molar-refractivity contribution in [3.8, 4) is 0 Å². The van der Waals surface area contributed by atoms with Gasteiger partial charge in [0.15, 0.2) is 0 Å². The zero-order valence-corrected chi connectivity index (χ0v) is 10.6. The van der Waals surface area contributed by atoms with Crippen molar-refractivity contribution in [2.24, 2.45) is 5.73 Å². The van der Waals surface area contributed by atoms with Gasteiger partial charge in [-0.1, -0.05) is 12.0 Å². The molecule has 100 valence electrons. The van der Waals surface area contributed by atoms with E-state index in [0.29, 0.717) is 18.5 Å². The smallest absolute Gasteiger partial charge is 0.318 e. The van der Waals surface area contributed by atoms with E-state index in [-0.39, 0.29) is 11.9 Å². The number of anilines is 1. The van der Waals surface area contributed by atoms with Crippen LogP contribution in [0.3, 0.4) is 0 Å². The SMILES string of the molecule is CCNCc1nnc(N2CCCCC2C(N)=O)o1. The summed E-state index contributed by atoms with van der Waals surface area (Å²) in [5.41, 5.74) is 5.40. The zero-order chi connectivity index (χ0) is 13.0. The fraction of sp³-hybridized carbons (Fsp3) is 0.727. The Hall–Kier alpha value is -1.63. The summed E-state index contributed by atoms with van der Waals surface area (Å²) in [7, 11) is 0. The van der Waals surface area contributed by atoms with Crippen LogP contribution in [0.15, 0.2) is 4.42 Å². The van der Waals surface area contributed by atoms with Gasteiger partial charge < -0.3 is 20.4 Å². The lowest BCUT2D eigenvalue weighted by Gasteiger charge is -2.31. The zero-order valence-electron chi connectivity index (χ0n) is 10.6. The molecule has 18 heavy (non-hydrogen) atoms. The average Bonchev–Trinajstić information content (AvgIpc) is 2.85. The Labute approximate surface area is 106 Å². The second-order valence-electron chi connectivity index (χ2n) is 4.37. The fourth-order valence-corrected chi connectivity index (χ4v) is 2.12. The first-order chi connectivity index (χ1) is 8.72. The lowest BCUT2D eigenvalue weighted by atomic mass is 10.0. The van der Waals surface area contributed by atoms with Gasteiger partial charge in [0.25, 0.3) is 0 Å². The molecule has 1 saturated heterocycles. The largest absolute Gasteiger partial charge is 0.407 e. The van der Waals surface area contributed by atoms with E-state index >= 15 is 0 Å². The number of amides is 1. The van der Waals surface area contributed by atoms with Crippen LogP contribution in [0.2, 0.25) is 0 Å². The number of aromatic nitrogens is 2. The number of carbonyl (C=O) groups is 1. The van der Waals surface area contributed by atoms with Gasteiger partial charge in [-0.25, -0.2) is 0 Å². The molecule has 2 rings (SSSR count). The van der Waals surface area contributed by atoms with Gasteiger partial charge in [0.1, 0.15) is 6.04 Å². The summed E-state index contributed by atoms with van der Waals surface area (Å²) in [5, 5.41) is 11.0. The van der Waals surface area contributed by atoms with Crippen LogP contribution < -0.4 is 16.0 Å². The van der Waals surface area contributed by atoms with Gasteiger partial charge in [-0.05, 0) is 25.8 Å². The van der Waals surface area contributed by atoms with Crippen molar-refractivity contribution in [3.63, 3.8) is 0 Å². The molecule has 0 aliphatic carbocycles. The van der Waals surface area contributed by atoms with E-state index in [1.165, 1.54) is 0 Å². The Kier molecular flexibility index (Phi) is 4.14. The maximum absolute atomic E-state index is 11.4. The number of nitrogens with two attached hydrogens (primary N) is 1. The summed E-state index contributed by atoms with van der Waals surface area (Å²) in [6, 6.07) is 0.0672. The van der Waals surface area contributed by atoms with Crippen molar-refractivity contribution in [3.05, 3.63) is 5.89 Å². The van der Waals surface area contributed by atoms with E-state index in [1.54, 1.807) is 0 Å².